The lowest BCUT2D eigenvalue weighted by Gasteiger charge is -2.24. The van der Waals surface area contributed by atoms with Gasteiger partial charge in [-0.05, 0) is 61.5 Å². The highest BCUT2D eigenvalue weighted by Crippen LogP contribution is 2.50. The van der Waals surface area contributed by atoms with Gasteiger partial charge in [-0.1, -0.05) is 30.2 Å². The molecule has 3 heteroatoms. The highest BCUT2D eigenvalue weighted by molar-refractivity contribution is 6.31. The molecule has 0 radical (unpaired) electrons. The van der Waals surface area contributed by atoms with Crippen molar-refractivity contribution in [2.45, 2.75) is 44.6 Å². The van der Waals surface area contributed by atoms with Gasteiger partial charge in [0, 0.05) is 0 Å². The van der Waals surface area contributed by atoms with Crippen LogP contribution < -0.4 is 0 Å². The summed E-state index contributed by atoms with van der Waals surface area (Å²) in [6.07, 6.45) is 6.26. The molecule has 2 bridgehead atoms. The largest absolute Gasteiger partial charge is 0.393 e. The van der Waals surface area contributed by atoms with E-state index in [1.54, 1.807) is 12.1 Å². The first-order valence-electron chi connectivity index (χ1n) is 7.24. The highest BCUT2D eigenvalue weighted by atomic mass is 35.5. The van der Waals surface area contributed by atoms with E-state index < -0.39 is 11.9 Å². The molecule has 104 valence electrons. The zero-order chi connectivity index (χ0) is 13.4. The summed E-state index contributed by atoms with van der Waals surface area (Å²) in [6, 6.07) is 4.81. The minimum Gasteiger partial charge on any atom is -0.393 e. The summed E-state index contributed by atoms with van der Waals surface area (Å²) in [4.78, 5) is 0. The van der Waals surface area contributed by atoms with E-state index in [2.05, 4.69) is 0 Å². The number of aliphatic hydroxyl groups is 1. The molecule has 1 aromatic carbocycles. The van der Waals surface area contributed by atoms with E-state index in [1.807, 2.05) is 0 Å². The molecule has 1 N–H and O–H groups in total. The summed E-state index contributed by atoms with van der Waals surface area (Å²) in [5, 5.41) is 10.4. The number of fused-ring (bicyclic) bond motifs is 2. The standard InChI is InChI=1S/C16H20ClFO/c17-16-12(2-1-3-15(16)18)8-14(19)9-13-7-10-4-5-11(13)6-10/h1-3,10-11,13-14,19H,4-9H2. The summed E-state index contributed by atoms with van der Waals surface area (Å²) >= 11 is 5.93. The fraction of sp³-hybridized carbons (Fsp3) is 0.625. The van der Waals surface area contributed by atoms with Crippen LogP contribution in [0.1, 0.15) is 37.7 Å². The molecule has 0 heterocycles. The van der Waals surface area contributed by atoms with Crippen molar-refractivity contribution in [3.63, 3.8) is 0 Å². The second-order valence-corrected chi connectivity index (χ2v) is 6.62. The van der Waals surface area contributed by atoms with Crippen molar-refractivity contribution in [2.75, 3.05) is 0 Å². The van der Waals surface area contributed by atoms with Gasteiger partial charge in [0.15, 0.2) is 0 Å². The number of hydrogen-bond donors (Lipinski definition) is 1. The lowest BCUT2D eigenvalue weighted by atomic mass is 9.84. The fourth-order valence-electron chi connectivity index (χ4n) is 4.06. The summed E-state index contributed by atoms with van der Waals surface area (Å²) in [5.41, 5.74) is 0.720. The molecule has 0 saturated heterocycles. The molecule has 0 amide bonds. The third-order valence-electron chi connectivity index (χ3n) is 4.95. The number of hydrogen-bond acceptors (Lipinski definition) is 1. The first-order valence-corrected chi connectivity index (χ1v) is 7.62. The topological polar surface area (TPSA) is 20.2 Å². The maximum absolute atomic E-state index is 13.3. The first kappa shape index (κ1) is 13.4. The van der Waals surface area contributed by atoms with Gasteiger partial charge in [0.05, 0.1) is 11.1 Å². The van der Waals surface area contributed by atoms with Crippen LogP contribution in [0.5, 0.6) is 0 Å². The van der Waals surface area contributed by atoms with Crippen LogP contribution in [0.25, 0.3) is 0 Å². The van der Waals surface area contributed by atoms with Gasteiger partial charge in [0.2, 0.25) is 0 Å². The van der Waals surface area contributed by atoms with Crippen molar-refractivity contribution in [3.05, 3.63) is 34.6 Å². The molecule has 2 fully saturated rings. The van der Waals surface area contributed by atoms with Gasteiger partial charge in [-0.15, -0.1) is 0 Å². The Morgan fingerprint density at radius 3 is 2.84 bits per heavy atom. The van der Waals surface area contributed by atoms with Gasteiger partial charge >= 0.3 is 0 Å². The number of aliphatic hydroxyl groups excluding tert-OH is 1. The first-order chi connectivity index (χ1) is 9.13. The minimum absolute atomic E-state index is 0.162. The SMILES string of the molecule is OC(Cc1cccc(F)c1Cl)CC1CC2CCC1C2. The zero-order valence-corrected chi connectivity index (χ0v) is 11.7. The molecule has 19 heavy (non-hydrogen) atoms. The minimum atomic E-state index is -0.399. The second kappa shape index (κ2) is 5.41. The monoisotopic (exact) mass is 282 g/mol. The van der Waals surface area contributed by atoms with E-state index in [9.17, 15) is 9.50 Å². The van der Waals surface area contributed by atoms with Gasteiger partial charge < -0.3 is 5.11 Å². The summed E-state index contributed by atoms with van der Waals surface area (Å²) < 4.78 is 13.3. The smallest absolute Gasteiger partial charge is 0.142 e. The molecule has 2 aliphatic rings. The van der Waals surface area contributed by atoms with E-state index in [0.717, 1.165) is 23.8 Å². The van der Waals surface area contributed by atoms with E-state index in [-0.39, 0.29) is 5.02 Å². The molecule has 1 nitrogen and oxygen atoms in total. The molecule has 4 atom stereocenters. The number of benzene rings is 1. The van der Waals surface area contributed by atoms with Gasteiger partial charge in [-0.3, -0.25) is 0 Å². The van der Waals surface area contributed by atoms with Crippen LogP contribution in [0.4, 0.5) is 4.39 Å². The average Bonchev–Trinajstić information content (AvgIpc) is 2.97. The summed E-state index contributed by atoms with van der Waals surface area (Å²) in [6.45, 7) is 0. The molecule has 0 aliphatic heterocycles. The van der Waals surface area contributed by atoms with Crippen molar-refractivity contribution in [2.24, 2.45) is 17.8 Å². The molecule has 2 saturated carbocycles. The molecular formula is C16H20ClFO. The maximum Gasteiger partial charge on any atom is 0.142 e. The third kappa shape index (κ3) is 2.80. The van der Waals surface area contributed by atoms with Crippen LogP contribution in [-0.2, 0) is 6.42 Å². The second-order valence-electron chi connectivity index (χ2n) is 6.24. The van der Waals surface area contributed by atoms with Crippen LogP contribution in [-0.4, -0.2) is 11.2 Å². The van der Waals surface area contributed by atoms with Crippen molar-refractivity contribution >= 4 is 11.6 Å². The van der Waals surface area contributed by atoms with Crippen LogP contribution in [0.2, 0.25) is 5.02 Å². The van der Waals surface area contributed by atoms with Crippen molar-refractivity contribution in [1.29, 1.82) is 0 Å². The fourth-order valence-corrected chi connectivity index (χ4v) is 4.26. The van der Waals surface area contributed by atoms with Crippen molar-refractivity contribution in [3.8, 4) is 0 Å². The number of rotatable bonds is 4. The Morgan fingerprint density at radius 1 is 1.32 bits per heavy atom. The molecular weight excluding hydrogens is 263 g/mol. The van der Waals surface area contributed by atoms with E-state index in [1.165, 1.54) is 31.7 Å². The third-order valence-corrected chi connectivity index (χ3v) is 5.37. The highest BCUT2D eigenvalue weighted by Gasteiger charge is 2.39. The van der Waals surface area contributed by atoms with Crippen LogP contribution >= 0.6 is 11.6 Å². The van der Waals surface area contributed by atoms with Crippen LogP contribution in [0.15, 0.2) is 18.2 Å². The normalized spacial score (nSPS) is 30.8. The van der Waals surface area contributed by atoms with Crippen LogP contribution in [0, 0.1) is 23.6 Å². The summed E-state index contributed by atoms with van der Waals surface area (Å²) in [5.74, 6) is 2.00. The Hall–Kier alpha value is -0.600. The molecule has 0 spiro atoms. The van der Waals surface area contributed by atoms with Gasteiger partial charge in [0.25, 0.3) is 0 Å². The quantitative estimate of drug-likeness (QED) is 0.877. The van der Waals surface area contributed by atoms with Gasteiger partial charge in [0.1, 0.15) is 5.82 Å². The summed E-state index contributed by atoms with van der Waals surface area (Å²) in [7, 11) is 0. The predicted molar refractivity (Wildman–Crippen MR) is 74.7 cm³/mol. The number of halogens is 2. The van der Waals surface area contributed by atoms with E-state index >= 15 is 0 Å². The van der Waals surface area contributed by atoms with Gasteiger partial charge in [-0.25, -0.2) is 4.39 Å². The van der Waals surface area contributed by atoms with E-state index in [4.69, 9.17) is 11.6 Å². The Labute approximate surface area is 118 Å². The lowest BCUT2D eigenvalue weighted by molar-refractivity contribution is 0.124. The Balaban J connectivity index is 1.59. The van der Waals surface area contributed by atoms with Crippen molar-refractivity contribution in [1.82, 2.24) is 0 Å². The Bertz CT molecular complexity index is 462. The average molecular weight is 283 g/mol. The lowest BCUT2D eigenvalue weighted by Crippen LogP contribution is -2.20. The van der Waals surface area contributed by atoms with Crippen molar-refractivity contribution < 1.29 is 9.50 Å². The molecule has 4 unspecified atom stereocenters. The molecule has 0 aromatic heterocycles. The Morgan fingerprint density at radius 2 is 2.16 bits per heavy atom. The van der Waals surface area contributed by atoms with Gasteiger partial charge in [-0.2, -0.15) is 0 Å². The van der Waals surface area contributed by atoms with E-state index in [0.29, 0.717) is 12.3 Å². The molecule has 1 aromatic rings. The maximum atomic E-state index is 13.3. The molecule has 2 aliphatic carbocycles. The van der Waals surface area contributed by atoms with Crippen LogP contribution in [0.3, 0.4) is 0 Å². The molecule has 3 rings (SSSR count). The Kier molecular flexibility index (Phi) is 3.81. The zero-order valence-electron chi connectivity index (χ0n) is 11.0. The predicted octanol–water partition coefficient (Wildman–Crippen LogP) is 4.21.